The number of fused-ring (bicyclic) bond motifs is 1. The van der Waals surface area contributed by atoms with Gasteiger partial charge >= 0.3 is 0 Å². The second kappa shape index (κ2) is 6.09. The number of rotatable bonds is 4. The number of hydrogen-bond donors (Lipinski definition) is 2. The second-order valence-electron chi connectivity index (χ2n) is 6.34. The van der Waals surface area contributed by atoms with E-state index in [1.165, 1.54) is 0 Å². The van der Waals surface area contributed by atoms with Crippen molar-refractivity contribution in [3.63, 3.8) is 0 Å². The molecule has 1 aliphatic rings. The summed E-state index contributed by atoms with van der Waals surface area (Å²) >= 11 is 0. The largest absolute Gasteiger partial charge is 0.451 e. The molecule has 1 heterocycles. The third kappa shape index (κ3) is 3.13. The lowest BCUT2D eigenvalue weighted by atomic mass is 10.1. The van der Waals surface area contributed by atoms with Crippen molar-refractivity contribution in [3.8, 4) is 0 Å². The van der Waals surface area contributed by atoms with Gasteiger partial charge in [-0.05, 0) is 44.0 Å². The fourth-order valence-electron chi connectivity index (χ4n) is 2.81. The molecule has 4 rings (SSSR count). The van der Waals surface area contributed by atoms with Crippen molar-refractivity contribution in [1.82, 2.24) is 5.32 Å². The molecule has 3 aromatic rings. The highest BCUT2D eigenvalue weighted by atomic mass is 16.3. The van der Waals surface area contributed by atoms with E-state index in [2.05, 4.69) is 10.6 Å². The predicted octanol–water partition coefficient (Wildman–Crippen LogP) is 3.89. The standard InChI is InChI=1S/C20H18N2O3/c1-12-16-7-2-3-8-17(16)25-18(12)20(24)22-15-6-4-5-13(11-15)19(23)21-14-9-10-14/h2-8,11,14H,9-10H2,1H3,(H,21,23)(H,22,24). The maximum atomic E-state index is 12.6. The van der Waals surface area contributed by atoms with E-state index in [4.69, 9.17) is 4.42 Å². The van der Waals surface area contributed by atoms with E-state index in [0.29, 0.717) is 22.9 Å². The van der Waals surface area contributed by atoms with Gasteiger partial charge in [0, 0.05) is 28.2 Å². The summed E-state index contributed by atoms with van der Waals surface area (Å²) in [5, 5.41) is 6.67. The van der Waals surface area contributed by atoms with Crippen molar-refractivity contribution < 1.29 is 14.0 Å². The van der Waals surface area contributed by atoms with Crippen LogP contribution in [0.15, 0.2) is 52.9 Å². The van der Waals surface area contributed by atoms with Gasteiger partial charge in [-0.15, -0.1) is 0 Å². The highest BCUT2D eigenvalue weighted by molar-refractivity contribution is 6.07. The van der Waals surface area contributed by atoms with Gasteiger partial charge in [0.2, 0.25) is 0 Å². The van der Waals surface area contributed by atoms with Crippen LogP contribution >= 0.6 is 0 Å². The summed E-state index contributed by atoms with van der Waals surface area (Å²) in [6.07, 6.45) is 2.07. The Morgan fingerprint density at radius 2 is 1.84 bits per heavy atom. The molecule has 2 N–H and O–H groups in total. The molecule has 0 radical (unpaired) electrons. The van der Waals surface area contributed by atoms with Gasteiger partial charge in [-0.2, -0.15) is 0 Å². The molecule has 1 saturated carbocycles. The molecule has 1 aromatic heterocycles. The Balaban J connectivity index is 1.55. The quantitative estimate of drug-likeness (QED) is 0.760. The van der Waals surface area contributed by atoms with Crippen LogP contribution in [-0.2, 0) is 0 Å². The minimum Gasteiger partial charge on any atom is -0.451 e. The molecule has 0 spiro atoms. The molecular weight excluding hydrogens is 316 g/mol. The summed E-state index contributed by atoms with van der Waals surface area (Å²) in [7, 11) is 0. The van der Waals surface area contributed by atoms with Crippen molar-refractivity contribution in [1.29, 1.82) is 0 Å². The van der Waals surface area contributed by atoms with E-state index in [1.54, 1.807) is 24.3 Å². The summed E-state index contributed by atoms with van der Waals surface area (Å²) in [4.78, 5) is 24.7. The first kappa shape index (κ1) is 15.4. The Labute approximate surface area is 145 Å². The fourth-order valence-corrected chi connectivity index (χ4v) is 2.81. The molecule has 1 fully saturated rings. The Morgan fingerprint density at radius 1 is 1.04 bits per heavy atom. The van der Waals surface area contributed by atoms with Crippen molar-refractivity contribution in [2.75, 3.05) is 5.32 Å². The number of hydrogen-bond acceptors (Lipinski definition) is 3. The molecule has 0 atom stereocenters. The zero-order valence-electron chi connectivity index (χ0n) is 13.8. The summed E-state index contributed by atoms with van der Waals surface area (Å²) in [5.74, 6) is -0.152. The van der Waals surface area contributed by atoms with Gasteiger partial charge in [0.15, 0.2) is 5.76 Å². The Hall–Kier alpha value is -3.08. The van der Waals surface area contributed by atoms with E-state index < -0.39 is 0 Å². The topological polar surface area (TPSA) is 71.3 Å². The average Bonchev–Trinajstić information content (AvgIpc) is 3.37. The fraction of sp³-hybridized carbons (Fsp3) is 0.200. The van der Waals surface area contributed by atoms with Crippen LogP contribution in [0.4, 0.5) is 5.69 Å². The summed E-state index contributed by atoms with van der Waals surface area (Å²) in [6, 6.07) is 14.8. The van der Waals surface area contributed by atoms with Crippen molar-refractivity contribution in [3.05, 3.63) is 65.4 Å². The average molecular weight is 334 g/mol. The molecule has 0 aliphatic heterocycles. The van der Waals surface area contributed by atoms with E-state index in [-0.39, 0.29) is 17.6 Å². The van der Waals surface area contributed by atoms with E-state index in [0.717, 1.165) is 23.8 Å². The molecule has 25 heavy (non-hydrogen) atoms. The minimum atomic E-state index is -0.326. The summed E-state index contributed by atoms with van der Waals surface area (Å²) in [5.41, 5.74) is 2.58. The number of carbonyl (C=O) groups excluding carboxylic acids is 2. The number of nitrogens with one attached hydrogen (secondary N) is 2. The minimum absolute atomic E-state index is 0.112. The molecule has 5 heteroatoms. The van der Waals surface area contributed by atoms with Crippen molar-refractivity contribution in [2.45, 2.75) is 25.8 Å². The van der Waals surface area contributed by atoms with Gasteiger partial charge in [-0.1, -0.05) is 24.3 Å². The molecular formula is C20H18N2O3. The normalized spacial score (nSPS) is 13.6. The number of furan rings is 1. The van der Waals surface area contributed by atoms with Gasteiger partial charge in [-0.25, -0.2) is 0 Å². The lowest BCUT2D eigenvalue weighted by Gasteiger charge is -2.07. The first-order chi connectivity index (χ1) is 12.1. The zero-order valence-corrected chi connectivity index (χ0v) is 13.8. The first-order valence-electron chi connectivity index (χ1n) is 8.32. The van der Waals surface area contributed by atoms with Gasteiger partial charge < -0.3 is 15.1 Å². The smallest absolute Gasteiger partial charge is 0.291 e. The van der Waals surface area contributed by atoms with Gasteiger partial charge in [-0.3, -0.25) is 9.59 Å². The monoisotopic (exact) mass is 334 g/mol. The van der Waals surface area contributed by atoms with Crippen LogP contribution in [0, 0.1) is 6.92 Å². The molecule has 1 aliphatic carbocycles. The van der Waals surface area contributed by atoms with Crippen LogP contribution in [0.25, 0.3) is 11.0 Å². The molecule has 126 valence electrons. The van der Waals surface area contributed by atoms with Gasteiger partial charge in [0.25, 0.3) is 11.8 Å². The maximum Gasteiger partial charge on any atom is 0.291 e. The van der Waals surface area contributed by atoms with E-state index in [9.17, 15) is 9.59 Å². The van der Waals surface area contributed by atoms with E-state index in [1.807, 2.05) is 31.2 Å². The number of para-hydroxylation sites is 1. The molecule has 2 aromatic carbocycles. The third-order valence-corrected chi connectivity index (χ3v) is 4.35. The summed E-state index contributed by atoms with van der Waals surface area (Å²) < 4.78 is 5.68. The van der Waals surface area contributed by atoms with Crippen LogP contribution < -0.4 is 10.6 Å². The van der Waals surface area contributed by atoms with Gasteiger partial charge in [0.05, 0.1) is 0 Å². The SMILES string of the molecule is Cc1c(C(=O)Nc2cccc(C(=O)NC3CC3)c2)oc2ccccc12. The van der Waals surface area contributed by atoms with Crippen LogP contribution in [0.5, 0.6) is 0 Å². The Morgan fingerprint density at radius 3 is 2.60 bits per heavy atom. The number of carbonyl (C=O) groups is 2. The van der Waals surface area contributed by atoms with E-state index >= 15 is 0 Å². The van der Waals surface area contributed by atoms with Crippen LogP contribution in [0.1, 0.15) is 39.3 Å². The van der Waals surface area contributed by atoms with Crippen molar-refractivity contribution >= 4 is 28.5 Å². The van der Waals surface area contributed by atoms with Crippen LogP contribution in [0.3, 0.4) is 0 Å². The zero-order chi connectivity index (χ0) is 17.4. The highest BCUT2D eigenvalue weighted by Crippen LogP contribution is 2.26. The number of aryl methyl sites for hydroxylation is 1. The van der Waals surface area contributed by atoms with Crippen molar-refractivity contribution in [2.24, 2.45) is 0 Å². The number of anilines is 1. The van der Waals surface area contributed by atoms with Gasteiger partial charge in [0.1, 0.15) is 5.58 Å². The maximum absolute atomic E-state index is 12.6. The number of benzene rings is 2. The third-order valence-electron chi connectivity index (χ3n) is 4.35. The molecule has 0 unspecified atom stereocenters. The molecule has 0 bridgehead atoms. The Bertz CT molecular complexity index is 970. The number of amides is 2. The molecule has 5 nitrogen and oxygen atoms in total. The molecule has 0 saturated heterocycles. The lowest BCUT2D eigenvalue weighted by Crippen LogP contribution is -2.25. The second-order valence-corrected chi connectivity index (χ2v) is 6.34. The Kier molecular flexibility index (Phi) is 3.76. The molecule has 2 amide bonds. The predicted molar refractivity (Wildman–Crippen MR) is 95.8 cm³/mol. The summed E-state index contributed by atoms with van der Waals surface area (Å²) in [6.45, 7) is 1.86. The van der Waals surface area contributed by atoms with Crippen LogP contribution in [0.2, 0.25) is 0 Å². The highest BCUT2D eigenvalue weighted by Gasteiger charge is 2.24. The van der Waals surface area contributed by atoms with Crippen LogP contribution in [-0.4, -0.2) is 17.9 Å². The first-order valence-corrected chi connectivity index (χ1v) is 8.32. The lowest BCUT2D eigenvalue weighted by molar-refractivity contribution is 0.0949.